The molecule has 0 amide bonds. The lowest BCUT2D eigenvalue weighted by molar-refractivity contribution is -0.595. The van der Waals surface area contributed by atoms with Crippen LogP contribution in [0, 0.1) is 0 Å². The Labute approximate surface area is 364 Å². The number of imidazole rings is 2. The van der Waals surface area contributed by atoms with Crippen molar-refractivity contribution in [3.8, 4) is 67.3 Å². The Balaban J connectivity index is 0.000000693. The Morgan fingerprint density at radius 1 is 0.381 bits per heavy atom. The molecule has 9 aromatic rings. The maximum atomic E-state index is 9.67. The van der Waals surface area contributed by atoms with Gasteiger partial charge in [-0.1, -0.05) is 121 Å². The van der Waals surface area contributed by atoms with Crippen LogP contribution in [0.4, 0.5) is 25.9 Å². The van der Waals surface area contributed by atoms with Crippen LogP contribution in [0.25, 0.3) is 67.3 Å². The Morgan fingerprint density at radius 3 is 1.02 bits per heavy atom. The minimum atomic E-state index is -3.67. The quantitative estimate of drug-likeness (QED) is 0.0899. The molecular formula is C48H35B2ClF8N4. The lowest BCUT2D eigenvalue weighted by Crippen LogP contribution is -3.00. The van der Waals surface area contributed by atoms with E-state index < -0.39 is 15.1 Å². The highest BCUT2D eigenvalue weighted by Crippen LogP contribution is 2.39. The second-order valence-corrected chi connectivity index (χ2v) is 14.0. The smallest absolute Gasteiger partial charge is 0.762 e. The molecule has 4 nitrogen and oxygen atoms in total. The number of hydrogen-bond acceptors (Lipinski definition) is 0. The zero-order valence-corrected chi connectivity index (χ0v) is 33.8. The standard InChI is InChI=1S/C48H35ClN4.2BF3.2FH/c49-40-32-38(47-17-9-7-15-45(47)36-19-23-43(24-20-36)52-29-27-50(34-52)41-11-3-1-4-12-41)31-39(33-40)48-18-10-8-16-46(48)37-21-25-44(26-22-37)53-30-28-51(35-53)42-13-5-2-6-14-42;2*2-1(3)4;;/h1-35H;;;2*1H/q+2;;;;/p-2. The summed E-state index contributed by atoms with van der Waals surface area (Å²) in [6.45, 7) is 0. The minimum Gasteiger partial charge on any atom is -1.00 e. The number of hydrogen-bond donors (Lipinski definition) is 0. The first-order valence-corrected chi connectivity index (χ1v) is 19.4. The molecule has 2 aromatic heterocycles. The summed E-state index contributed by atoms with van der Waals surface area (Å²) in [4.78, 5) is 0. The highest BCUT2D eigenvalue weighted by molar-refractivity contribution is 6.33. The number of para-hydroxylation sites is 2. The third-order valence-corrected chi connectivity index (χ3v) is 9.93. The van der Waals surface area contributed by atoms with E-state index in [-0.39, 0.29) is 9.41 Å². The molecule has 0 bridgehead atoms. The van der Waals surface area contributed by atoms with Crippen LogP contribution < -0.4 is 18.5 Å². The van der Waals surface area contributed by atoms with Crippen molar-refractivity contribution in [2.45, 2.75) is 0 Å². The van der Waals surface area contributed by atoms with E-state index in [1.165, 1.54) is 0 Å². The predicted octanol–water partition coefficient (Wildman–Crippen LogP) is 6.91. The van der Waals surface area contributed by atoms with E-state index in [1.807, 2.05) is 12.1 Å². The topological polar surface area (TPSA) is 17.6 Å². The first-order chi connectivity index (χ1) is 29.6. The van der Waals surface area contributed by atoms with Crippen molar-refractivity contribution in [1.82, 2.24) is 9.13 Å². The van der Waals surface area contributed by atoms with Gasteiger partial charge in [0.1, 0.15) is 47.5 Å². The normalized spacial score (nSPS) is 10.2. The molecule has 0 spiro atoms. The van der Waals surface area contributed by atoms with Crippen molar-refractivity contribution in [3.05, 3.63) is 218 Å². The van der Waals surface area contributed by atoms with E-state index in [9.17, 15) is 25.9 Å². The lowest BCUT2D eigenvalue weighted by atomic mass is 9.90. The molecule has 0 atom stereocenters. The second-order valence-electron chi connectivity index (χ2n) is 13.5. The molecule has 0 aliphatic rings. The van der Waals surface area contributed by atoms with Crippen LogP contribution in [-0.2, 0) is 0 Å². The van der Waals surface area contributed by atoms with Gasteiger partial charge in [0.2, 0.25) is 0 Å². The monoisotopic (exact) mass is 876 g/mol. The van der Waals surface area contributed by atoms with Crippen molar-refractivity contribution in [2.24, 2.45) is 0 Å². The maximum Gasteiger partial charge on any atom is 0.762 e. The molecule has 0 saturated heterocycles. The molecule has 2 heterocycles. The van der Waals surface area contributed by atoms with Crippen LogP contribution in [0.5, 0.6) is 0 Å². The summed E-state index contributed by atoms with van der Waals surface area (Å²) in [5, 5.41) is 0.700. The predicted molar refractivity (Wildman–Crippen MR) is 233 cm³/mol. The molecule has 7 aromatic carbocycles. The van der Waals surface area contributed by atoms with Crippen LogP contribution >= 0.6 is 11.6 Å². The molecule has 0 aliphatic heterocycles. The highest BCUT2D eigenvalue weighted by atomic mass is 35.5. The van der Waals surface area contributed by atoms with Gasteiger partial charge in [-0.05, 0) is 111 Å². The molecule has 0 unspecified atom stereocenters. The molecule has 0 radical (unpaired) electrons. The molecule has 316 valence electrons. The zero-order chi connectivity index (χ0) is 42.7. The molecule has 9 rings (SSSR count). The second kappa shape index (κ2) is 22.1. The fourth-order valence-electron chi connectivity index (χ4n) is 7.02. The van der Waals surface area contributed by atoms with Gasteiger partial charge in [0, 0.05) is 5.02 Å². The maximum absolute atomic E-state index is 9.67. The Kier molecular flexibility index (Phi) is 16.4. The van der Waals surface area contributed by atoms with Crippen molar-refractivity contribution in [2.75, 3.05) is 0 Å². The average molecular weight is 877 g/mol. The minimum absolute atomic E-state index is 0. The Morgan fingerprint density at radius 2 is 0.683 bits per heavy atom. The van der Waals surface area contributed by atoms with Crippen molar-refractivity contribution < 1.29 is 44.4 Å². The van der Waals surface area contributed by atoms with Gasteiger partial charge in [-0.25, -0.2) is 18.3 Å². The van der Waals surface area contributed by atoms with Crippen molar-refractivity contribution in [1.29, 1.82) is 0 Å². The first kappa shape index (κ1) is 46.9. The SMILES string of the molecule is Clc1cc(-c2ccccc2-c2ccc(-n3cc[n+](-c4ccccc4)c3)cc2)cc(-c2ccccc2-c2ccc(-n3cc[n+](-c4ccccc4)c3)cc2)c1.FB(F)F.FB(F)F.[F-].[F-]. The summed E-state index contributed by atoms with van der Waals surface area (Å²) in [5.41, 5.74) is 13.5. The molecule has 0 aliphatic carbocycles. The van der Waals surface area contributed by atoms with Gasteiger partial charge in [0.05, 0.1) is 0 Å². The van der Waals surface area contributed by atoms with Gasteiger partial charge in [-0.3, -0.25) is 25.9 Å². The van der Waals surface area contributed by atoms with Crippen LogP contribution in [0.15, 0.2) is 213 Å². The number of rotatable bonds is 8. The summed E-state index contributed by atoms with van der Waals surface area (Å²) in [5.74, 6) is 0. The third-order valence-electron chi connectivity index (χ3n) is 9.71. The summed E-state index contributed by atoms with van der Waals surface area (Å²) < 4.78 is 66.5. The van der Waals surface area contributed by atoms with E-state index in [1.54, 1.807) is 0 Å². The van der Waals surface area contributed by atoms with Gasteiger partial charge in [0.15, 0.2) is 0 Å². The fourth-order valence-corrected chi connectivity index (χ4v) is 7.26. The third kappa shape index (κ3) is 12.0. The summed E-state index contributed by atoms with van der Waals surface area (Å²) >= 11 is 6.91. The number of halogens is 9. The molecule has 0 fully saturated rings. The molecule has 63 heavy (non-hydrogen) atoms. The number of aromatic nitrogens is 4. The Bertz CT molecular complexity index is 2610. The van der Waals surface area contributed by atoms with Gasteiger partial charge in [0.25, 0.3) is 12.7 Å². The van der Waals surface area contributed by atoms with Gasteiger partial charge >= 0.3 is 15.1 Å². The van der Waals surface area contributed by atoms with E-state index in [0.29, 0.717) is 5.02 Å². The Hall–Kier alpha value is -7.18. The summed E-state index contributed by atoms with van der Waals surface area (Å²) in [7, 11) is -7.33. The lowest BCUT2D eigenvalue weighted by Gasteiger charge is -2.15. The average Bonchev–Trinajstić information content (AvgIpc) is 3.99. The zero-order valence-electron chi connectivity index (χ0n) is 33.1. The van der Waals surface area contributed by atoms with E-state index >= 15 is 0 Å². The van der Waals surface area contributed by atoms with Crippen molar-refractivity contribution >= 4 is 26.7 Å². The molecule has 0 N–H and O–H groups in total. The van der Waals surface area contributed by atoms with Crippen LogP contribution in [0.1, 0.15) is 0 Å². The van der Waals surface area contributed by atoms with E-state index in [4.69, 9.17) is 11.6 Å². The van der Waals surface area contributed by atoms with Gasteiger partial charge in [-0.15, -0.1) is 0 Å². The highest BCUT2D eigenvalue weighted by Gasteiger charge is 2.15. The molecule has 0 saturated carbocycles. The van der Waals surface area contributed by atoms with Crippen LogP contribution in [0.2, 0.25) is 5.02 Å². The van der Waals surface area contributed by atoms with Gasteiger partial charge in [-0.2, -0.15) is 0 Å². The number of benzene rings is 7. The first-order valence-electron chi connectivity index (χ1n) is 19.0. The van der Waals surface area contributed by atoms with E-state index in [2.05, 4.69) is 220 Å². The van der Waals surface area contributed by atoms with Gasteiger partial charge < -0.3 is 9.41 Å². The molecular weight excluding hydrogens is 842 g/mol. The molecule has 15 heteroatoms. The van der Waals surface area contributed by atoms with E-state index in [0.717, 1.165) is 67.3 Å². The fraction of sp³-hybridized carbons (Fsp3) is 0. The largest absolute Gasteiger partial charge is 1.00 e. The van der Waals surface area contributed by atoms with Crippen LogP contribution in [-0.4, -0.2) is 24.2 Å². The summed E-state index contributed by atoms with van der Waals surface area (Å²) in [6, 6.07) is 61.7. The van der Waals surface area contributed by atoms with Crippen molar-refractivity contribution in [3.63, 3.8) is 0 Å². The summed E-state index contributed by atoms with van der Waals surface area (Å²) in [6.07, 6.45) is 12.5. The van der Waals surface area contributed by atoms with Crippen LogP contribution in [0.3, 0.4) is 0 Å². The number of nitrogens with zero attached hydrogens (tertiary/aromatic N) is 4.